The molecule has 1 saturated heterocycles. The molecule has 3 rings (SSSR count). The van der Waals surface area contributed by atoms with Crippen molar-refractivity contribution < 1.29 is 14.1 Å². The Morgan fingerprint density at radius 2 is 2.04 bits per heavy atom. The van der Waals surface area contributed by atoms with E-state index in [0.717, 1.165) is 31.4 Å². The van der Waals surface area contributed by atoms with Crippen molar-refractivity contribution in [3.05, 3.63) is 41.7 Å². The summed E-state index contributed by atoms with van der Waals surface area (Å²) in [4.78, 5) is 26.4. The van der Waals surface area contributed by atoms with Crippen molar-refractivity contribution in [1.82, 2.24) is 15.4 Å². The van der Waals surface area contributed by atoms with Gasteiger partial charge in [0.05, 0.1) is 0 Å². The second-order valence-electron chi connectivity index (χ2n) is 6.28. The predicted molar refractivity (Wildman–Crippen MR) is 94.1 cm³/mol. The number of carbonyl (C=O) groups is 2. The molecule has 6 heteroatoms. The molecule has 2 aromatic rings. The molecule has 25 heavy (non-hydrogen) atoms. The average Bonchev–Trinajstić information content (AvgIpc) is 2.90. The number of rotatable bonds is 5. The summed E-state index contributed by atoms with van der Waals surface area (Å²) in [6.45, 7) is 3.46. The zero-order valence-corrected chi connectivity index (χ0v) is 14.5. The van der Waals surface area contributed by atoms with Crippen molar-refractivity contribution in [3.63, 3.8) is 0 Å². The van der Waals surface area contributed by atoms with E-state index < -0.39 is 0 Å². The summed E-state index contributed by atoms with van der Waals surface area (Å²) in [5.74, 6) is 0.444. The van der Waals surface area contributed by atoms with Gasteiger partial charge in [-0.05, 0) is 19.8 Å². The van der Waals surface area contributed by atoms with Crippen LogP contribution in [-0.4, -0.2) is 41.5 Å². The lowest BCUT2D eigenvalue weighted by molar-refractivity contribution is -0.130. The van der Waals surface area contributed by atoms with Crippen LogP contribution in [-0.2, 0) is 4.79 Å². The first kappa shape index (κ1) is 17.2. The summed E-state index contributed by atoms with van der Waals surface area (Å²) < 4.78 is 5.23. The molecule has 6 nitrogen and oxygen atoms in total. The molecule has 1 aromatic heterocycles. The smallest absolute Gasteiger partial charge is 0.257 e. The molecule has 1 aliphatic heterocycles. The fourth-order valence-electron chi connectivity index (χ4n) is 3.10. The van der Waals surface area contributed by atoms with E-state index in [1.165, 1.54) is 0 Å². The van der Waals surface area contributed by atoms with Gasteiger partial charge in [-0.2, -0.15) is 0 Å². The third-order valence-corrected chi connectivity index (χ3v) is 4.48. The van der Waals surface area contributed by atoms with E-state index >= 15 is 0 Å². The van der Waals surface area contributed by atoms with E-state index in [0.29, 0.717) is 36.5 Å². The van der Waals surface area contributed by atoms with E-state index in [-0.39, 0.29) is 11.8 Å². The highest BCUT2D eigenvalue weighted by Crippen LogP contribution is 2.24. The Morgan fingerprint density at radius 1 is 1.24 bits per heavy atom. The predicted octanol–water partition coefficient (Wildman–Crippen LogP) is 2.78. The molecule has 0 unspecified atom stereocenters. The van der Waals surface area contributed by atoms with Crippen LogP contribution in [0.5, 0.6) is 0 Å². The van der Waals surface area contributed by atoms with Gasteiger partial charge in [-0.25, -0.2) is 0 Å². The van der Waals surface area contributed by atoms with Crippen molar-refractivity contribution in [2.24, 2.45) is 0 Å². The summed E-state index contributed by atoms with van der Waals surface area (Å²) in [6.07, 6.45) is 3.69. The molecule has 0 spiro atoms. The summed E-state index contributed by atoms with van der Waals surface area (Å²) in [5.41, 5.74) is 1.84. The van der Waals surface area contributed by atoms with E-state index in [4.69, 9.17) is 4.52 Å². The Morgan fingerprint density at radius 3 is 2.84 bits per heavy atom. The minimum Gasteiger partial charge on any atom is -0.360 e. The van der Waals surface area contributed by atoms with Gasteiger partial charge in [-0.15, -0.1) is 0 Å². The van der Waals surface area contributed by atoms with E-state index in [1.54, 1.807) is 6.92 Å². The van der Waals surface area contributed by atoms with Crippen LogP contribution in [0.2, 0.25) is 0 Å². The quantitative estimate of drug-likeness (QED) is 0.907. The van der Waals surface area contributed by atoms with Gasteiger partial charge in [-0.1, -0.05) is 41.9 Å². The lowest BCUT2D eigenvalue weighted by atomic mass is 10.1. The molecule has 1 N–H and O–H groups in total. The summed E-state index contributed by atoms with van der Waals surface area (Å²) in [5, 5.41) is 6.92. The first-order valence-electron chi connectivity index (χ1n) is 8.74. The molecule has 0 bridgehead atoms. The van der Waals surface area contributed by atoms with Gasteiger partial charge in [-0.3, -0.25) is 9.59 Å². The molecular weight excluding hydrogens is 318 g/mol. The largest absolute Gasteiger partial charge is 0.360 e. The molecule has 1 aromatic carbocycles. The van der Waals surface area contributed by atoms with Crippen molar-refractivity contribution in [1.29, 1.82) is 0 Å². The van der Waals surface area contributed by atoms with Crippen molar-refractivity contribution >= 4 is 11.8 Å². The zero-order chi connectivity index (χ0) is 17.6. The third kappa shape index (κ3) is 4.07. The van der Waals surface area contributed by atoms with Gasteiger partial charge < -0.3 is 14.7 Å². The number of benzene rings is 1. The molecule has 0 saturated carbocycles. The van der Waals surface area contributed by atoms with Crippen LogP contribution in [0.25, 0.3) is 11.3 Å². The highest BCUT2D eigenvalue weighted by Gasteiger charge is 2.22. The van der Waals surface area contributed by atoms with E-state index in [2.05, 4.69) is 10.5 Å². The molecule has 1 fully saturated rings. The minimum absolute atomic E-state index is 0.179. The molecule has 0 radical (unpaired) electrons. The third-order valence-electron chi connectivity index (χ3n) is 4.48. The Kier molecular flexibility index (Phi) is 5.48. The average molecular weight is 341 g/mol. The van der Waals surface area contributed by atoms with Gasteiger partial charge in [0, 0.05) is 31.6 Å². The summed E-state index contributed by atoms with van der Waals surface area (Å²) in [7, 11) is 0. The minimum atomic E-state index is -0.222. The monoisotopic (exact) mass is 341 g/mol. The molecule has 2 heterocycles. The maximum Gasteiger partial charge on any atom is 0.257 e. The highest BCUT2D eigenvalue weighted by atomic mass is 16.5. The molecule has 0 atom stereocenters. The number of nitrogens with zero attached hydrogens (tertiary/aromatic N) is 2. The van der Waals surface area contributed by atoms with Crippen LogP contribution in [0.4, 0.5) is 0 Å². The number of carbonyl (C=O) groups excluding carboxylic acids is 2. The zero-order valence-electron chi connectivity index (χ0n) is 14.5. The Hall–Kier alpha value is -2.63. The van der Waals surface area contributed by atoms with Gasteiger partial charge in [0.25, 0.3) is 5.91 Å². The number of hydrogen-bond acceptors (Lipinski definition) is 4. The van der Waals surface area contributed by atoms with Crippen molar-refractivity contribution in [2.75, 3.05) is 19.6 Å². The van der Waals surface area contributed by atoms with Crippen LogP contribution < -0.4 is 5.32 Å². The lowest BCUT2D eigenvalue weighted by Gasteiger charge is -2.20. The Bertz CT molecular complexity index is 740. The maximum absolute atomic E-state index is 12.6. The fraction of sp³-hybridized carbons (Fsp3) is 0.421. The molecule has 0 aliphatic carbocycles. The number of likely N-dealkylation sites (tertiary alicyclic amines) is 1. The topological polar surface area (TPSA) is 75.4 Å². The van der Waals surface area contributed by atoms with Crippen LogP contribution in [0.15, 0.2) is 34.9 Å². The van der Waals surface area contributed by atoms with E-state index in [1.807, 2.05) is 35.2 Å². The molecular formula is C19H23N3O3. The lowest BCUT2D eigenvalue weighted by Crippen LogP contribution is -2.38. The first-order valence-corrected chi connectivity index (χ1v) is 8.74. The summed E-state index contributed by atoms with van der Waals surface area (Å²) in [6, 6.07) is 9.49. The van der Waals surface area contributed by atoms with Crippen LogP contribution >= 0.6 is 0 Å². The number of hydrogen-bond donors (Lipinski definition) is 1. The SMILES string of the molecule is Cc1onc(-c2ccccc2)c1C(=O)NCCN1CCCCCC1=O. The first-order chi connectivity index (χ1) is 12.2. The van der Waals surface area contributed by atoms with Gasteiger partial charge >= 0.3 is 0 Å². The van der Waals surface area contributed by atoms with Crippen molar-refractivity contribution in [2.45, 2.75) is 32.6 Å². The Balaban J connectivity index is 1.64. The van der Waals surface area contributed by atoms with Gasteiger partial charge in [0.2, 0.25) is 5.91 Å². The van der Waals surface area contributed by atoms with Crippen LogP contribution in [0.1, 0.15) is 41.8 Å². The summed E-state index contributed by atoms with van der Waals surface area (Å²) >= 11 is 0. The Labute approximate surface area is 147 Å². The second kappa shape index (κ2) is 7.96. The van der Waals surface area contributed by atoms with Gasteiger partial charge in [0.15, 0.2) is 0 Å². The molecule has 2 amide bonds. The fourth-order valence-corrected chi connectivity index (χ4v) is 3.10. The normalized spacial score (nSPS) is 15.1. The molecule has 132 valence electrons. The molecule has 1 aliphatic rings. The standard InChI is InChI=1S/C19H23N3O3/c1-14-17(18(21-25-14)15-8-4-2-5-9-15)19(24)20-11-13-22-12-7-3-6-10-16(22)23/h2,4-5,8-9H,3,6-7,10-13H2,1H3,(H,20,24). The number of amides is 2. The van der Waals surface area contributed by atoms with Gasteiger partial charge in [0.1, 0.15) is 17.0 Å². The maximum atomic E-state index is 12.6. The highest BCUT2D eigenvalue weighted by molar-refractivity contribution is 6.00. The van der Waals surface area contributed by atoms with E-state index in [9.17, 15) is 9.59 Å². The van der Waals surface area contributed by atoms with Crippen LogP contribution in [0, 0.1) is 6.92 Å². The number of aromatic nitrogens is 1. The number of aryl methyl sites for hydroxylation is 1. The second-order valence-corrected chi connectivity index (χ2v) is 6.28. The number of nitrogens with one attached hydrogen (secondary N) is 1. The van der Waals surface area contributed by atoms with Crippen LogP contribution in [0.3, 0.4) is 0 Å². The van der Waals surface area contributed by atoms with Crippen molar-refractivity contribution in [3.8, 4) is 11.3 Å².